The van der Waals surface area contributed by atoms with Gasteiger partial charge in [0, 0.05) is 25.4 Å². The number of hydrogen-bond donors (Lipinski definition) is 3. The molecule has 31 heavy (non-hydrogen) atoms. The third-order valence-electron chi connectivity index (χ3n) is 4.04. The highest BCUT2D eigenvalue weighted by atomic mass is 16.5. The van der Waals surface area contributed by atoms with Gasteiger partial charge in [-0.25, -0.2) is 4.79 Å². The number of nitrogens with zero attached hydrogens (tertiary/aromatic N) is 2. The van der Waals surface area contributed by atoms with Crippen molar-refractivity contribution in [3.8, 4) is 0 Å². The Hall–Kier alpha value is -3.03. The molecule has 0 aliphatic carbocycles. The highest BCUT2D eigenvalue weighted by molar-refractivity contribution is 5.81. The number of H-pyrrole nitrogens is 1. The Balaban J connectivity index is 2.74. The number of carboxylic acids is 1. The van der Waals surface area contributed by atoms with E-state index in [1.165, 1.54) is 13.1 Å². The Bertz CT molecular complexity index is 836. The van der Waals surface area contributed by atoms with E-state index in [0.717, 1.165) is 9.47 Å². The quantitative estimate of drug-likeness (QED) is 0.185. The summed E-state index contributed by atoms with van der Waals surface area (Å²) in [4.78, 5) is 61.1. The van der Waals surface area contributed by atoms with Crippen molar-refractivity contribution in [2.45, 2.75) is 19.5 Å². The topological polar surface area (TPSA) is 169 Å². The van der Waals surface area contributed by atoms with Gasteiger partial charge in [0.25, 0.3) is 5.56 Å². The third-order valence-corrected chi connectivity index (χ3v) is 4.04. The highest BCUT2D eigenvalue weighted by Crippen LogP contribution is 1.99. The second kappa shape index (κ2) is 14.1. The van der Waals surface area contributed by atoms with Crippen LogP contribution in [-0.2, 0) is 35.1 Å². The number of nitrogens with one attached hydrogen (secondary N) is 2. The number of carboxylic acid groups (broad SMARTS) is 1. The fourth-order valence-electron chi connectivity index (χ4n) is 2.50. The number of amides is 2. The van der Waals surface area contributed by atoms with Crippen LogP contribution < -0.4 is 16.6 Å². The van der Waals surface area contributed by atoms with Gasteiger partial charge < -0.3 is 29.5 Å². The van der Waals surface area contributed by atoms with Crippen LogP contribution in [-0.4, -0.2) is 97.1 Å². The van der Waals surface area contributed by atoms with Crippen LogP contribution in [0.15, 0.2) is 15.8 Å². The fourth-order valence-corrected chi connectivity index (χ4v) is 2.50. The van der Waals surface area contributed by atoms with Gasteiger partial charge >= 0.3 is 11.7 Å². The maximum atomic E-state index is 12.6. The molecule has 3 N–H and O–H groups in total. The zero-order valence-electron chi connectivity index (χ0n) is 17.5. The zero-order chi connectivity index (χ0) is 23.2. The first kappa shape index (κ1) is 26.0. The van der Waals surface area contributed by atoms with E-state index < -0.39 is 42.3 Å². The van der Waals surface area contributed by atoms with Crippen LogP contribution in [0.4, 0.5) is 0 Å². The number of carbonyl (C=O) groups excluding carboxylic acids is 2. The fraction of sp³-hybridized carbons (Fsp3) is 0.611. The number of methoxy groups -OCH3 is 1. The Morgan fingerprint density at radius 2 is 1.94 bits per heavy atom. The van der Waals surface area contributed by atoms with E-state index in [9.17, 15) is 24.0 Å². The number of aromatic nitrogens is 2. The molecule has 0 spiro atoms. The summed E-state index contributed by atoms with van der Waals surface area (Å²) >= 11 is 0. The van der Waals surface area contributed by atoms with Crippen LogP contribution in [0.2, 0.25) is 0 Å². The molecule has 1 atom stereocenters. The summed E-state index contributed by atoms with van der Waals surface area (Å²) in [6, 6.07) is -0.686. The van der Waals surface area contributed by atoms with Crippen molar-refractivity contribution in [3.05, 3.63) is 32.6 Å². The van der Waals surface area contributed by atoms with Crippen LogP contribution in [0.3, 0.4) is 0 Å². The molecule has 0 fully saturated rings. The molecule has 1 aromatic rings. The average Bonchev–Trinajstić information content (AvgIpc) is 2.70. The highest BCUT2D eigenvalue weighted by Gasteiger charge is 2.22. The molecular weight excluding hydrogens is 416 g/mol. The number of aromatic amines is 1. The van der Waals surface area contributed by atoms with E-state index in [-0.39, 0.29) is 25.3 Å². The summed E-state index contributed by atoms with van der Waals surface area (Å²) in [5.74, 6) is -1.95. The summed E-state index contributed by atoms with van der Waals surface area (Å²) in [6.45, 7) is 1.55. The lowest BCUT2D eigenvalue weighted by Gasteiger charge is -2.26. The zero-order valence-corrected chi connectivity index (χ0v) is 17.5. The standard InChI is InChI=1S/C18H28N4O9/c1-13-7-22(18(28)20-17(13)27)9-15(24)21(10-16(25)26)8-14(19-12-23)11-31-6-5-30-4-3-29-2/h7,12,14H,3-6,8-11H2,1-2H3,(H,19,23)(H,25,26)(H,20,27,28). The van der Waals surface area contributed by atoms with Gasteiger partial charge in [-0.3, -0.25) is 28.7 Å². The summed E-state index contributed by atoms with van der Waals surface area (Å²) in [5.41, 5.74) is -1.15. The minimum absolute atomic E-state index is 0.00743. The van der Waals surface area contributed by atoms with Crippen molar-refractivity contribution < 1.29 is 33.7 Å². The lowest BCUT2D eigenvalue weighted by Crippen LogP contribution is -2.49. The first-order valence-electron chi connectivity index (χ1n) is 9.42. The molecule has 0 saturated carbocycles. The molecule has 1 unspecified atom stereocenters. The van der Waals surface area contributed by atoms with Gasteiger partial charge in [0.05, 0.1) is 39.1 Å². The van der Waals surface area contributed by atoms with Crippen LogP contribution in [0, 0.1) is 6.92 Å². The predicted octanol–water partition coefficient (Wildman–Crippen LogP) is -2.45. The number of hydrogen-bond acceptors (Lipinski definition) is 8. The first-order chi connectivity index (χ1) is 14.8. The van der Waals surface area contributed by atoms with Crippen molar-refractivity contribution >= 4 is 18.3 Å². The van der Waals surface area contributed by atoms with Gasteiger partial charge in [-0.05, 0) is 6.92 Å². The Kier molecular flexibility index (Phi) is 11.8. The molecule has 0 radical (unpaired) electrons. The number of aryl methyl sites for hydroxylation is 1. The van der Waals surface area contributed by atoms with E-state index in [2.05, 4.69) is 10.3 Å². The number of ether oxygens (including phenoxy) is 3. The molecule has 13 nitrogen and oxygen atoms in total. The van der Waals surface area contributed by atoms with Crippen molar-refractivity contribution in [2.24, 2.45) is 0 Å². The molecule has 0 bridgehead atoms. The Morgan fingerprint density at radius 3 is 2.58 bits per heavy atom. The molecule has 0 saturated heterocycles. The van der Waals surface area contributed by atoms with Gasteiger partial charge in [-0.2, -0.15) is 0 Å². The first-order valence-corrected chi connectivity index (χ1v) is 9.42. The molecule has 1 rings (SSSR count). The number of carbonyl (C=O) groups is 3. The molecule has 0 aliphatic rings. The number of rotatable bonds is 16. The number of aliphatic carboxylic acids is 1. The van der Waals surface area contributed by atoms with E-state index in [1.807, 2.05) is 0 Å². The van der Waals surface area contributed by atoms with Crippen LogP contribution in [0.5, 0.6) is 0 Å². The summed E-state index contributed by atoms with van der Waals surface area (Å²) in [6.07, 6.45) is 1.63. The monoisotopic (exact) mass is 444 g/mol. The molecule has 174 valence electrons. The predicted molar refractivity (Wildman–Crippen MR) is 107 cm³/mol. The molecule has 1 heterocycles. The van der Waals surface area contributed by atoms with Crippen molar-refractivity contribution in [3.63, 3.8) is 0 Å². The van der Waals surface area contributed by atoms with Crippen LogP contribution >= 0.6 is 0 Å². The van der Waals surface area contributed by atoms with E-state index in [4.69, 9.17) is 19.3 Å². The minimum atomic E-state index is -1.27. The normalized spacial score (nSPS) is 11.7. The summed E-state index contributed by atoms with van der Waals surface area (Å²) in [5, 5.41) is 11.6. The van der Waals surface area contributed by atoms with Gasteiger partial charge in [0.1, 0.15) is 13.1 Å². The Labute approximate surface area is 177 Å². The third kappa shape index (κ3) is 10.0. The lowest BCUT2D eigenvalue weighted by atomic mass is 10.2. The lowest BCUT2D eigenvalue weighted by molar-refractivity contribution is -0.145. The van der Waals surface area contributed by atoms with Gasteiger partial charge in [0.2, 0.25) is 12.3 Å². The van der Waals surface area contributed by atoms with Gasteiger partial charge in [-0.1, -0.05) is 0 Å². The molecule has 13 heteroatoms. The summed E-state index contributed by atoms with van der Waals surface area (Å²) < 4.78 is 16.5. The Morgan fingerprint density at radius 1 is 1.26 bits per heavy atom. The van der Waals surface area contributed by atoms with Crippen LogP contribution in [0.25, 0.3) is 0 Å². The molecular formula is C18H28N4O9. The van der Waals surface area contributed by atoms with Crippen molar-refractivity contribution in [1.29, 1.82) is 0 Å². The van der Waals surface area contributed by atoms with Crippen LogP contribution in [0.1, 0.15) is 5.56 Å². The molecule has 0 aromatic carbocycles. The SMILES string of the molecule is COCCOCCOCC(CN(CC(=O)O)C(=O)Cn1cc(C)c(=O)[nH]c1=O)NC=O. The second-order valence-corrected chi connectivity index (χ2v) is 6.53. The van der Waals surface area contributed by atoms with Gasteiger partial charge in [0.15, 0.2) is 0 Å². The van der Waals surface area contributed by atoms with E-state index in [0.29, 0.717) is 26.2 Å². The average molecular weight is 444 g/mol. The van der Waals surface area contributed by atoms with Crippen molar-refractivity contribution in [2.75, 3.05) is 53.2 Å². The molecule has 2 amide bonds. The van der Waals surface area contributed by atoms with Gasteiger partial charge in [-0.15, -0.1) is 0 Å². The maximum absolute atomic E-state index is 12.6. The van der Waals surface area contributed by atoms with E-state index in [1.54, 1.807) is 7.11 Å². The van der Waals surface area contributed by atoms with E-state index >= 15 is 0 Å². The molecule has 0 aliphatic heterocycles. The summed E-state index contributed by atoms with van der Waals surface area (Å²) in [7, 11) is 1.55. The smallest absolute Gasteiger partial charge is 0.328 e. The second-order valence-electron chi connectivity index (χ2n) is 6.53. The minimum Gasteiger partial charge on any atom is -0.480 e. The molecule has 1 aromatic heterocycles. The van der Waals surface area contributed by atoms with Crippen molar-refractivity contribution in [1.82, 2.24) is 19.8 Å². The maximum Gasteiger partial charge on any atom is 0.328 e. The largest absolute Gasteiger partial charge is 0.480 e.